The number of carbonyl (C=O) groups is 1. The fourth-order valence-electron chi connectivity index (χ4n) is 3.44. The zero-order valence-corrected chi connectivity index (χ0v) is 14.4. The third-order valence-corrected chi connectivity index (χ3v) is 4.87. The predicted molar refractivity (Wildman–Crippen MR) is 99.3 cm³/mol. The topological polar surface area (TPSA) is 36.4 Å². The van der Waals surface area contributed by atoms with Gasteiger partial charge in [0.2, 0.25) is 0 Å². The standard InChI is InChI=1S/C21H20FN3O/c22-19-9-8-17(20-18(19)7-4-10-23-20)15-24-11-13-25(14-12-24)21(26)16-5-2-1-3-6-16/h1-10H,11-15H2. The molecule has 1 aliphatic rings. The molecule has 0 unspecified atom stereocenters. The Morgan fingerprint density at radius 1 is 0.962 bits per heavy atom. The highest BCUT2D eigenvalue weighted by atomic mass is 19.1. The Bertz CT molecular complexity index is 921. The normalized spacial score (nSPS) is 15.3. The van der Waals surface area contributed by atoms with Crippen molar-refractivity contribution in [2.75, 3.05) is 26.2 Å². The van der Waals surface area contributed by atoms with Crippen molar-refractivity contribution < 1.29 is 9.18 Å². The number of aromatic nitrogens is 1. The number of fused-ring (bicyclic) bond motifs is 1. The van der Waals surface area contributed by atoms with Gasteiger partial charge in [0.25, 0.3) is 5.91 Å². The van der Waals surface area contributed by atoms with Crippen LogP contribution < -0.4 is 0 Å². The lowest BCUT2D eigenvalue weighted by molar-refractivity contribution is 0.0629. The molecule has 1 amide bonds. The molecule has 1 saturated heterocycles. The smallest absolute Gasteiger partial charge is 0.253 e. The molecule has 1 aliphatic heterocycles. The van der Waals surface area contributed by atoms with Gasteiger partial charge in [-0.1, -0.05) is 24.3 Å². The summed E-state index contributed by atoms with van der Waals surface area (Å²) in [6.45, 7) is 3.69. The third kappa shape index (κ3) is 3.30. The van der Waals surface area contributed by atoms with E-state index >= 15 is 0 Å². The quantitative estimate of drug-likeness (QED) is 0.728. The number of nitrogens with zero attached hydrogens (tertiary/aromatic N) is 3. The van der Waals surface area contributed by atoms with Crippen molar-refractivity contribution in [3.8, 4) is 0 Å². The van der Waals surface area contributed by atoms with Gasteiger partial charge >= 0.3 is 0 Å². The van der Waals surface area contributed by atoms with Gasteiger partial charge in [0, 0.05) is 49.9 Å². The van der Waals surface area contributed by atoms with E-state index in [-0.39, 0.29) is 11.7 Å². The van der Waals surface area contributed by atoms with Crippen molar-refractivity contribution in [1.29, 1.82) is 0 Å². The van der Waals surface area contributed by atoms with Crippen molar-refractivity contribution in [2.45, 2.75) is 6.54 Å². The lowest BCUT2D eigenvalue weighted by Gasteiger charge is -2.35. The molecule has 1 aromatic heterocycles. The molecule has 0 N–H and O–H groups in total. The lowest BCUT2D eigenvalue weighted by atomic mass is 10.1. The van der Waals surface area contributed by atoms with E-state index in [4.69, 9.17) is 0 Å². The Morgan fingerprint density at radius 2 is 1.73 bits per heavy atom. The summed E-state index contributed by atoms with van der Waals surface area (Å²) in [4.78, 5) is 21.1. The van der Waals surface area contributed by atoms with Gasteiger partial charge in [0.15, 0.2) is 0 Å². The molecule has 1 fully saturated rings. The maximum Gasteiger partial charge on any atom is 0.253 e. The number of hydrogen-bond donors (Lipinski definition) is 0. The second-order valence-corrected chi connectivity index (χ2v) is 6.54. The number of amides is 1. The highest BCUT2D eigenvalue weighted by Gasteiger charge is 2.22. The summed E-state index contributed by atoms with van der Waals surface area (Å²) < 4.78 is 13.9. The zero-order chi connectivity index (χ0) is 17.9. The van der Waals surface area contributed by atoms with E-state index in [1.165, 1.54) is 6.07 Å². The summed E-state index contributed by atoms with van der Waals surface area (Å²) >= 11 is 0. The van der Waals surface area contributed by atoms with E-state index in [1.54, 1.807) is 18.3 Å². The largest absolute Gasteiger partial charge is 0.336 e. The number of benzene rings is 2. The number of piperazine rings is 1. The van der Waals surface area contributed by atoms with Crippen LogP contribution in [-0.2, 0) is 6.54 Å². The fourth-order valence-corrected chi connectivity index (χ4v) is 3.44. The first-order chi connectivity index (χ1) is 12.7. The first kappa shape index (κ1) is 16.7. The summed E-state index contributed by atoms with van der Waals surface area (Å²) in [6, 6.07) is 16.2. The van der Waals surface area contributed by atoms with Crippen LogP contribution in [0.5, 0.6) is 0 Å². The number of carbonyl (C=O) groups excluding carboxylic acids is 1. The van der Waals surface area contributed by atoms with Gasteiger partial charge in [-0.3, -0.25) is 14.7 Å². The van der Waals surface area contributed by atoms with Crippen LogP contribution in [-0.4, -0.2) is 46.9 Å². The molecule has 5 heteroatoms. The molecule has 26 heavy (non-hydrogen) atoms. The van der Waals surface area contributed by atoms with Gasteiger partial charge in [-0.15, -0.1) is 0 Å². The molecule has 0 atom stereocenters. The molecule has 0 saturated carbocycles. The predicted octanol–water partition coefficient (Wildman–Crippen LogP) is 3.33. The van der Waals surface area contributed by atoms with Gasteiger partial charge in [-0.2, -0.15) is 0 Å². The van der Waals surface area contributed by atoms with Crippen molar-refractivity contribution in [3.05, 3.63) is 77.7 Å². The zero-order valence-electron chi connectivity index (χ0n) is 14.4. The van der Waals surface area contributed by atoms with Crippen LogP contribution in [0.25, 0.3) is 10.9 Å². The Hall–Kier alpha value is -2.79. The van der Waals surface area contributed by atoms with Crippen LogP contribution in [0.4, 0.5) is 4.39 Å². The molecule has 2 heterocycles. The van der Waals surface area contributed by atoms with Gasteiger partial charge in [0.05, 0.1) is 5.52 Å². The average molecular weight is 349 g/mol. The van der Waals surface area contributed by atoms with Crippen LogP contribution in [0.1, 0.15) is 15.9 Å². The molecular weight excluding hydrogens is 329 g/mol. The number of pyridine rings is 1. The lowest BCUT2D eigenvalue weighted by Crippen LogP contribution is -2.48. The highest BCUT2D eigenvalue weighted by molar-refractivity contribution is 5.94. The highest BCUT2D eigenvalue weighted by Crippen LogP contribution is 2.21. The first-order valence-electron chi connectivity index (χ1n) is 8.81. The SMILES string of the molecule is O=C(c1ccccc1)N1CCN(Cc2ccc(F)c3cccnc23)CC1. The van der Waals surface area contributed by atoms with Crippen molar-refractivity contribution in [2.24, 2.45) is 0 Å². The van der Waals surface area contributed by atoms with Crippen LogP contribution in [0.3, 0.4) is 0 Å². The molecule has 0 aliphatic carbocycles. The van der Waals surface area contributed by atoms with Crippen LogP contribution in [0, 0.1) is 5.82 Å². The van der Waals surface area contributed by atoms with E-state index in [1.807, 2.05) is 41.3 Å². The van der Waals surface area contributed by atoms with Gasteiger partial charge < -0.3 is 4.90 Å². The van der Waals surface area contributed by atoms with Crippen molar-refractivity contribution >= 4 is 16.8 Å². The monoisotopic (exact) mass is 349 g/mol. The van der Waals surface area contributed by atoms with Crippen LogP contribution >= 0.6 is 0 Å². The molecule has 3 aromatic rings. The van der Waals surface area contributed by atoms with E-state index in [2.05, 4.69) is 9.88 Å². The second-order valence-electron chi connectivity index (χ2n) is 6.54. The molecule has 0 spiro atoms. The van der Waals surface area contributed by atoms with Crippen LogP contribution in [0.2, 0.25) is 0 Å². The van der Waals surface area contributed by atoms with Crippen LogP contribution in [0.15, 0.2) is 60.8 Å². The number of hydrogen-bond acceptors (Lipinski definition) is 3. The van der Waals surface area contributed by atoms with Crippen molar-refractivity contribution in [1.82, 2.24) is 14.8 Å². The Labute approximate surface area is 151 Å². The minimum Gasteiger partial charge on any atom is -0.336 e. The summed E-state index contributed by atoms with van der Waals surface area (Å²) in [5, 5.41) is 0.558. The number of rotatable bonds is 3. The van der Waals surface area contributed by atoms with Gasteiger partial charge in [0.1, 0.15) is 5.82 Å². The Balaban J connectivity index is 1.43. The molecule has 132 valence electrons. The minimum absolute atomic E-state index is 0.0825. The number of halogens is 1. The van der Waals surface area contributed by atoms with E-state index < -0.39 is 0 Å². The average Bonchev–Trinajstić information content (AvgIpc) is 2.71. The molecule has 4 rings (SSSR count). The maximum atomic E-state index is 13.9. The third-order valence-electron chi connectivity index (χ3n) is 4.87. The summed E-state index contributed by atoms with van der Waals surface area (Å²) in [7, 11) is 0. The summed E-state index contributed by atoms with van der Waals surface area (Å²) in [5.41, 5.74) is 2.47. The minimum atomic E-state index is -0.241. The maximum absolute atomic E-state index is 13.9. The first-order valence-corrected chi connectivity index (χ1v) is 8.81. The fraction of sp³-hybridized carbons (Fsp3) is 0.238. The molecule has 4 nitrogen and oxygen atoms in total. The van der Waals surface area contributed by atoms with Crippen molar-refractivity contribution in [3.63, 3.8) is 0 Å². The molecule has 0 radical (unpaired) electrons. The summed E-state index contributed by atoms with van der Waals surface area (Å²) in [6.07, 6.45) is 1.70. The van der Waals surface area contributed by atoms with Gasteiger partial charge in [-0.05, 0) is 35.9 Å². The van der Waals surface area contributed by atoms with E-state index in [0.717, 1.165) is 29.7 Å². The van der Waals surface area contributed by atoms with E-state index in [0.29, 0.717) is 25.0 Å². The van der Waals surface area contributed by atoms with E-state index in [9.17, 15) is 9.18 Å². The molecular formula is C21H20FN3O. The Kier molecular flexibility index (Phi) is 4.63. The summed E-state index contributed by atoms with van der Waals surface area (Å²) in [5.74, 6) is -0.158. The molecule has 0 bridgehead atoms. The molecule has 2 aromatic carbocycles. The Morgan fingerprint density at radius 3 is 2.50 bits per heavy atom. The second kappa shape index (κ2) is 7.22. The van der Waals surface area contributed by atoms with Gasteiger partial charge in [-0.25, -0.2) is 4.39 Å².